The van der Waals surface area contributed by atoms with Crippen LogP contribution in [0.1, 0.15) is 204 Å². The molecule has 16 aliphatic carbocycles. The van der Waals surface area contributed by atoms with Crippen molar-refractivity contribution in [2.24, 2.45) is 69.0 Å². The van der Waals surface area contributed by atoms with Crippen LogP contribution in [0.4, 0.5) is 11.4 Å². The average Bonchev–Trinajstić information content (AvgIpc) is 1.16. The molecular formula is C76H88N2O4. The molecule has 6 nitrogen and oxygen atoms in total. The molecule has 426 valence electrons. The lowest BCUT2D eigenvalue weighted by molar-refractivity contribution is -0.109. The van der Waals surface area contributed by atoms with Crippen molar-refractivity contribution in [1.29, 1.82) is 0 Å². The maximum absolute atomic E-state index is 11.8. The lowest BCUT2D eigenvalue weighted by Gasteiger charge is -2.66. The molecule has 4 unspecified atom stereocenters. The van der Waals surface area contributed by atoms with Gasteiger partial charge in [-0.15, -0.1) is 0 Å². The molecule has 22 rings (SSSR count). The van der Waals surface area contributed by atoms with Crippen LogP contribution in [0.2, 0.25) is 0 Å². The smallest absolute Gasteiger partial charge is 0.142 e. The Kier molecular flexibility index (Phi) is 9.96. The molecule has 0 spiro atoms. The molecule has 0 amide bonds. The summed E-state index contributed by atoms with van der Waals surface area (Å²) in [5.74, 6) is 9.00. The molecule has 6 heteroatoms. The van der Waals surface area contributed by atoms with E-state index in [0.29, 0.717) is 33.0 Å². The monoisotopic (exact) mass is 1090 g/mol. The first-order chi connectivity index (χ1) is 39.2. The number of hydrogen-bond acceptors (Lipinski definition) is 6. The van der Waals surface area contributed by atoms with Gasteiger partial charge in [0.1, 0.15) is 34.5 Å². The Balaban J connectivity index is 0.898. The Bertz CT molecular complexity index is 3410. The molecule has 16 saturated carbocycles. The highest BCUT2D eigenvalue weighted by Gasteiger charge is 2.63. The number of hydrogen-bond donors (Lipinski definition) is 4. The lowest BCUT2D eigenvalue weighted by atomic mass is 9.39. The fourth-order valence-corrected chi connectivity index (χ4v) is 27.1. The zero-order valence-electron chi connectivity index (χ0n) is 49.5. The van der Waals surface area contributed by atoms with Crippen LogP contribution >= 0.6 is 0 Å². The second-order valence-electron chi connectivity index (χ2n) is 33.9. The van der Waals surface area contributed by atoms with E-state index < -0.39 is 0 Å². The van der Waals surface area contributed by atoms with Gasteiger partial charge in [0.25, 0.3) is 0 Å². The maximum atomic E-state index is 11.8. The summed E-state index contributed by atoms with van der Waals surface area (Å²) in [5, 5.41) is 28.6. The van der Waals surface area contributed by atoms with Gasteiger partial charge in [-0.05, 0) is 302 Å². The van der Waals surface area contributed by atoms with E-state index in [1.54, 1.807) is 0 Å². The SMILES string of the molecule is CC12CC3CC(C)(C1)CC(c1cccc4c(-c5c(Oc6cc(O)c(N)cc6C67CC8CC(CC(C8)C6)C7)ccc6c(C78CC9CC(C)(CC(C)(C9)C7)C8)cccc56)c(Oc5cc(O)c(N)cc5C56CC7CC(CC(C7)C5)C6)ccc14)(C3)C2. The van der Waals surface area contributed by atoms with E-state index in [9.17, 15) is 10.2 Å². The molecule has 82 heavy (non-hydrogen) atoms. The summed E-state index contributed by atoms with van der Waals surface area (Å²) >= 11 is 0. The number of nitrogens with two attached hydrogens (primary N) is 2. The van der Waals surface area contributed by atoms with Crippen LogP contribution in [0.25, 0.3) is 32.7 Å². The van der Waals surface area contributed by atoms with Gasteiger partial charge >= 0.3 is 0 Å². The van der Waals surface area contributed by atoms with E-state index in [2.05, 4.69) is 100 Å². The Morgan fingerprint density at radius 2 is 0.671 bits per heavy atom. The van der Waals surface area contributed by atoms with Crippen molar-refractivity contribution < 1.29 is 19.7 Å². The molecule has 16 fully saturated rings. The van der Waals surface area contributed by atoms with Crippen molar-refractivity contribution in [2.75, 3.05) is 11.5 Å². The molecule has 6 aromatic carbocycles. The number of anilines is 2. The van der Waals surface area contributed by atoms with Gasteiger partial charge in [0.05, 0.1) is 11.4 Å². The van der Waals surface area contributed by atoms with Gasteiger partial charge < -0.3 is 31.2 Å². The molecule has 0 aliphatic heterocycles. The van der Waals surface area contributed by atoms with Crippen LogP contribution in [0.5, 0.6) is 34.5 Å². The molecule has 6 N–H and O–H groups in total. The summed E-state index contributed by atoms with van der Waals surface area (Å²) < 4.78 is 15.7. The molecule has 0 aromatic heterocycles. The lowest BCUT2D eigenvalue weighted by Crippen LogP contribution is -2.56. The van der Waals surface area contributed by atoms with E-state index in [0.717, 1.165) is 120 Å². The Hall–Kier alpha value is -5.36. The third kappa shape index (κ3) is 7.23. The van der Waals surface area contributed by atoms with E-state index >= 15 is 0 Å². The van der Waals surface area contributed by atoms with Crippen molar-refractivity contribution in [3.8, 4) is 45.6 Å². The summed E-state index contributed by atoms with van der Waals surface area (Å²) in [4.78, 5) is 0. The molecule has 0 saturated heterocycles. The van der Waals surface area contributed by atoms with Gasteiger partial charge in [0.2, 0.25) is 0 Å². The summed E-state index contributed by atoms with van der Waals surface area (Å²) in [6.07, 6.45) is 30.5. The highest BCUT2D eigenvalue weighted by molar-refractivity contribution is 6.11. The minimum absolute atomic E-state index is 0.0423. The van der Waals surface area contributed by atoms with Crippen LogP contribution in [-0.4, -0.2) is 10.2 Å². The Morgan fingerprint density at radius 3 is 1.00 bits per heavy atom. The predicted octanol–water partition coefficient (Wildman–Crippen LogP) is 19.3. The molecule has 16 aliphatic rings. The Labute approximate surface area is 486 Å². The van der Waals surface area contributed by atoms with Crippen molar-refractivity contribution in [2.45, 2.75) is 203 Å². The largest absolute Gasteiger partial charge is 0.506 e. The van der Waals surface area contributed by atoms with Crippen molar-refractivity contribution in [3.05, 3.63) is 107 Å². The van der Waals surface area contributed by atoms with Crippen LogP contribution in [0.3, 0.4) is 0 Å². The zero-order chi connectivity index (χ0) is 55.3. The topological polar surface area (TPSA) is 111 Å². The molecule has 6 aromatic rings. The summed E-state index contributed by atoms with van der Waals surface area (Å²) in [6, 6.07) is 32.0. The van der Waals surface area contributed by atoms with E-state index in [1.807, 2.05) is 12.1 Å². The van der Waals surface area contributed by atoms with Crippen LogP contribution in [0, 0.1) is 69.0 Å². The number of fused-ring (bicyclic) bond motifs is 2. The Morgan fingerprint density at radius 1 is 0.341 bits per heavy atom. The molecule has 0 heterocycles. The minimum Gasteiger partial charge on any atom is -0.506 e. The normalized spacial score (nSPS) is 42.0. The third-order valence-electron chi connectivity index (χ3n) is 26.6. The minimum atomic E-state index is -0.0423. The molecular weight excluding hydrogens is 1000 g/mol. The molecule has 0 radical (unpaired) electrons. The highest BCUT2D eigenvalue weighted by atomic mass is 16.5. The second kappa shape index (κ2) is 16.3. The van der Waals surface area contributed by atoms with Gasteiger partial charge in [0.15, 0.2) is 0 Å². The second-order valence-corrected chi connectivity index (χ2v) is 33.9. The van der Waals surface area contributed by atoms with Gasteiger partial charge in [-0.1, -0.05) is 76.2 Å². The summed E-state index contributed by atoms with van der Waals surface area (Å²) in [6.45, 7) is 10.5. The first kappa shape index (κ1) is 50.0. The number of nitrogen functional groups attached to an aromatic ring is 2. The molecule has 4 atom stereocenters. The van der Waals surface area contributed by atoms with Gasteiger partial charge in [-0.25, -0.2) is 0 Å². The van der Waals surface area contributed by atoms with Crippen molar-refractivity contribution >= 4 is 32.9 Å². The maximum Gasteiger partial charge on any atom is 0.142 e. The van der Waals surface area contributed by atoms with Crippen molar-refractivity contribution in [3.63, 3.8) is 0 Å². The zero-order valence-corrected chi connectivity index (χ0v) is 49.5. The quantitative estimate of drug-likeness (QED) is 0.0848. The first-order valence-corrected chi connectivity index (χ1v) is 33.0. The third-order valence-corrected chi connectivity index (χ3v) is 26.6. The standard InChI is InChI=1S/C76H88N2O4/c1-69-25-49-26-70(2,37-69)40-75(35-49,39-69)55-9-5-7-53-51(55)11-13-63(81-65-23-61(79)59(77)21-57(65)73-29-43-15-44(30-73)17-45(16-43)31-73)67(53)68-54-8-6-10-56(76-36-50-27-71(3,41-76)38-72(4,28-50)42-76)52(54)12-14-64(68)82-66-24-62(80)60(78)22-58(66)74-32-46-18-47(33-74)20-48(19-46)34-74/h5-14,21-24,43-50,79-80H,15-20,25-42,77-78H2,1-4H3. The number of rotatable bonds is 9. The van der Waals surface area contributed by atoms with Gasteiger partial charge in [0, 0.05) is 34.4 Å². The van der Waals surface area contributed by atoms with Crippen LogP contribution in [0.15, 0.2) is 84.9 Å². The summed E-state index contributed by atoms with van der Waals surface area (Å²) in [5.41, 5.74) is 23.4. The van der Waals surface area contributed by atoms with E-state index in [-0.39, 0.29) is 33.2 Å². The first-order valence-electron chi connectivity index (χ1n) is 33.0. The van der Waals surface area contributed by atoms with E-state index in [4.69, 9.17) is 20.9 Å². The number of benzene rings is 6. The fourth-order valence-electron chi connectivity index (χ4n) is 27.1. The predicted molar refractivity (Wildman–Crippen MR) is 330 cm³/mol. The number of ether oxygens (including phenoxy) is 2. The van der Waals surface area contributed by atoms with E-state index in [1.165, 1.54) is 159 Å². The van der Waals surface area contributed by atoms with Crippen molar-refractivity contribution in [1.82, 2.24) is 0 Å². The highest BCUT2D eigenvalue weighted by Crippen LogP contribution is 2.73. The fraction of sp³-hybridized carbons (Fsp3) is 0.579. The molecule has 16 bridgehead atoms. The average molecular weight is 1090 g/mol. The number of phenolic OH excluding ortho intramolecular Hbond substituents is 2. The number of phenols is 2. The number of aromatic hydroxyl groups is 2. The van der Waals surface area contributed by atoms with Gasteiger partial charge in [-0.3, -0.25) is 0 Å². The van der Waals surface area contributed by atoms with Crippen LogP contribution in [-0.2, 0) is 21.7 Å². The van der Waals surface area contributed by atoms with Crippen LogP contribution < -0.4 is 20.9 Å². The summed E-state index contributed by atoms with van der Waals surface area (Å²) in [7, 11) is 0. The van der Waals surface area contributed by atoms with Gasteiger partial charge in [-0.2, -0.15) is 0 Å².